The van der Waals surface area contributed by atoms with Gasteiger partial charge in [0.2, 0.25) is 5.91 Å². The molecule has 4 rings (SSSR count). The first kappa shape index (κ1) is 16.3. The quantitative estimate of drug-likeness (QED) is 0.885. The Morgan fingerprint density at radius 2 is 1.85 bits per heavy atom. The SMILES string of the molecule is NC(=O)C1[C@H]2CCCCN2C(=O)N1c1ccc(-n2ccncc2=O)cc1. The first-order valence-electron chi connectivity index (χ1n) is 8.60. The summed E-state index contributed by atoms with van der Waals surface area (Å²) in [6, 6.07) is 5.91. The lowest BCUT2D eigenvalue weighted by Crippen LogP contribution is -2.48. The van der Waals surface area contributed by atoms with E-state index in [2.05, 4.69) is 4.98 Å². The van der Waals surface area contributed by atoms with Crippen molar-refractivity contribution < 1.29 is 9.59 Å². The van der Waals surface area contributed by atoms with E-state index in [1.54, 1.807) is 35.4 Å². The van der Waals surface area contributed by atoms with Crippen molar-refractivity contribution in [1.82, 2.24) is 14.5 Å². The Balaban J connectivity index is 1.70. The molecule has 3 heterocycles. The van der Waals surface area contributed by atoms with Crippen LogP contribution in [0, 0.1) is 0 Å². The topological polar surface area (TPSA) is 102 Å². The molecule has 26 heavy (non-hydrogen) atoms. The zero-order valence-electron chi connectivity index (χ0n) is 14.1. The Labute approximate surface area is 149 Å². The summed E-state index contributed by atoms with van der Waals surface area (Å²) in [5.74, 6) is -0.498. The third kappa shape index (κ3) is 2.54. The maximum absolute atomic E-state index is 12.8. The number of urea groups is 1. The van der Waals surface area contributed by atoms with Crippen molar-refractivity contribution in [3.63, 3.8) is 0 Å². The van der Waals surface area contributed by atoms with Crippen molar-refractivity contribution in [1.29, 1.82) is 0 Å². The first-order chi connectivity index (χ1) is 12.6. The summed E-state index contributed by atoms with van der Waals surface area (Å²) in [6.07, 6.45) is 7.03. The van der Waals surface area contributed by atoms with Crippen LogP contribution >= 0.6 is 0 Å². The molecule has 2 atom stereocenters. The molecule has 1 unspecified atom stereocenters. The fourth-order valence-corrected chi connectivity index (χ4v) is 3.88. The van der Waals surface area contributed by atoms with Gasteiger partial charge in [0.25, 0.3) is 5.56 Å². The van der Waals surface area contributed by atoms with Crippen molar-refractivity contribution in [2.45, 2.75) is 31.3 Å². The van der Waals surface area contributed by atoms with E-state index in [1.165, 1.54) is 21.9 Å². The maximum Gasteiger partial charge on any atom is 0.325 e. The van der Waals surface area contributed by atoms with Crippen molar-refractivity contribution >= 4 is 17.6 Å². The second kappa shape index (κ2) is 6.29. The molecule has 2 aliphatic rings. The van der Waals surface area contributed by atoms with Crippen molar-refractivity contribution in [2.75, 3.05) is 11.4 Å². The second-order valence-electron chi connectivity index (χ2n) is 6.56. The van der Waals surface area contributed by atoms with Gasteiger partial charge < -0.3 is 10.6 Å². The fraction of sp³-hybridized carbons (Fsp3) is 0.333. The highest BCUT2D eigenvalue weighted by molar-refractivity contribution is 6.03. The van der Waals surface area contributed by atoms with Crippen LogP contribution in [0.15, 0.2) is 47.7 Å². The fourth-order valence-electron chi connectivity index (χ4n) is 3.88. The van der Waals surface area contributed by atoms with Crippen LogP contribution in [0.3, 0.4) is 0 Å². The Morgan fingerprint density at radius 3 is 2.54 bits per heavy atom. The summed E-state index contributed by atoms with van der Waals surface area (Å²) in [5.41, 5.74) is 6.63. The smallest absolute Gasteiger partial charge is 0.325 e. The molecule has 1 aromatic heterocycles. The van der Waals surface area contributed by atoms with Crippen molar-refractivity contribution in [2.24, 2.45) is 5.73 Å². The molecule has 2 fully saturated rings. The monoisotopic (exact) mass is 353 g/mol. The second-order valence-corrected chi connectivity index (χ2v) is 6.56. The highest BCUT2D eigenvalue weighted by atomic mass is 16.2. The number of carbonyl (C=O) groups is 2. The number of carbonyl (C=O) groups excluding carboxylic acids is 2. The van der Waals surface area contributed by atoms with Crippen LogP contribution in [0.25, 0.3) is 5.69 Å². The minimum absolute atomic E-state index is 0.170. The van der Waals surface area contributed by atoms with Crippen LogP contribution in [0.4, 0.5) is 10.5 Å². The Bertz CT molecular complexity index is 908. The average Bonchev–Trinajstić information content (AvgIpc) is 2.96. The zero-order valence-corrected chi connectivity index (χ0v) is 14.1. The molecule has 2 aliphatic heterocycles. The molecule has 3 amide bonds. The van der Waals surface area contributed by atoms with E-state index >= 15 is 0 Å². The van der Waals surface area contributed by atoms with Gasteiger partial charge >= 0.3 is 6.03 Å². The number of amides is 3. The Hall–Kier alpha value is -3.16. The molecule has 2 aromatic rings. The van der Waals surface area contributed by atoms with E-state index < -0.39 is 11.9 Å². The summed E-state index contributed by atoms with van der Waals surface area (Å²) >= 11 is 0. The van der Waals surface area contributed by atoms with Gasteiger partial charge in [-0.25, -0.2) is 4.79 Å². The van der Waals surface area contributed by atoms with Crippen LogP contribution < -0.4 is 16.2 Å². The van der Waals surface area contributed by atoms with Gasteiger partial charge in [-0.2, -0.15) is 0 Å². The number of primary amides is 1. The average molecular weight is 353 g/mol. The molecule has 0 aliphatic carbocycles. The van der Waals surface area contributed by atoms with E-state index in [0.717, 1.165) is 19.3 Å². The largest absolute Gasteiger partial charge is 0.368 e. The third-order valence-electron chi connectivity index (χ3n) is 5.07. The van der Waals surface area contributed by atoms with E-state index in [-0.39, 0.29) is 17.6 Å². The molecular weight excluding hydrogens is 334 g/mol. The Kier molecular flexibility index (Phi) is 3.95. The lowest BCUT2D eigenvalue weighted by Gasteiger charge is -2.29. The van der Waals surface area contributed by atoms with Crippen LogP contribution in [0.1, 0.15) is 19.3 Å². The molecule has 0 bridgehead atoms. The van der Waals surface area contributed by atoms with E-state index in [0.29, 0.717) is 17.9 Å². The lowest BCUT2D eigenvalue weighted by atomic mass is 9.97. The molecule has 2 saturated heterocycles. The number of rotatable bonds is 3. The molecular formula is C18H19N5O3. The van der Waals surface area contributed by atoms with E-state index in [1.807, 2.05) is 0 Å². The number of nitrogens with zero attached hydrogens (tertiary/aromatic N) is 4. The minimum atomic E-state index is -0.669. The number of nitrogens with two attached hydrogens (primary N) is 1. The molecule has 0 spiro atoms. The number of anilines is 1. The van der Waals surface area contributed by atoms with Crippen LogP contribution in [-0.4, -0.2) is 45.0 Å². The van der Waals surface area contributed by atoms with E-state index in [9.17, 15) is 14.4 Å². The molecule has 8 nitrogen and oxygen atoms in total. The third-order valence-corrected chi connectivity index (χ3v) is 5.07. The van der Waals surface area contributed by atoms with Crippen molar-refractivity contribution in [3.8, 4) is 5.69 Å². The standard InChI is InChI=1S/C18H19N5O3/c19-17(25)16-14-3-1-2-9-22(14)18(26)23(16)13-6-4-12(5-7-13)21-10-8-20-11-15(21)24/h4-8,10-11,14,16H,1-3,9H2,(H2,19,25)/t14-,16?/m1/s1. The highest BCUT2D eigenvalue weighted by Crippen LogP contribution is 2.34. The predicted molar refractivity (Wildman–Crippen MR) is 95.0 cm³/mol. The summed E-state index contributed by atoms with van der Waals surface area (Å²) in [4.78, 5) is 43.8. The molecule has 0 radical (unpaired) electrons. The number of benzene rings is 1. The molecule has 8 heteroatoms. The van der Waals surface area contributed by atoms with Gasteiger partial charge in [-0.05, 0) is 43.5 Å². The lowest BCUT2D eigenvalue weighted by molar-refractivity contribution is -0.119. The van der Waals surface area contributed by atoms with Gasteiger partial charge in [-0.1, -0.05) is 0 Å². The van der Waals surface area contributed by atoms with Crippen LogP contribution in [0.2, 0.25) is 0 Å². The zero-order chi connectivity index (χ0) is 18.3. The first-order valence-corrected chi connectivity index (χ1v) is 8.60. The summed E-state index contributed by atoms with van der Waals surface area (Å²) < 4.78 is 1.46. The van der Waals surface area contributed by atoms with Gasteiger partial charge in [0, 0.05) is 30.3 Å². The van der Waals surface area contributed by atoms with Gasteiger partial charge in [-0.15, -0.1) is 0 Å². The maximum atomic E-state index is 12.8. The molecule has 0 saturated carbocycles. The highest BCUT2D eigenvalue weighted by Gasteiger charge is 2.49. The van der Waals surface area contributed by atoms with Gasteiger partial charge in [0.05, 0.1) is 12.2 Å². The molecule has 2 N–H and O–H groups in total. The minimum Gasteiger partial charge on any atom is -0.368 e. The number of hydrogen-bond donors (Lipinski definition) is 1. The van der Waals surface area contributed by atoms with E-state index in [4.69, 9.17) is 5.73 Å². The van der Waals surface area contributed by atoms with Crippen LogP contribution in [0.5, 0.6) is 0 Å². The number of piperidine rings is 1. The van der Waals surface area contributed by atoms with Gasteiger partial charge in [-0.3, -0.25) is 24.0 Å². The number of aromatic nitrogens is 2. The van der Waals surface area contributed by atoms with Gasteiger partial charge in [0.15, 0.2) is 0 Å². The predicted octanol–water partition coefficient (Wildman–Crippen LogP) is 0.881. The summed E-state index contributed by atoms with van der Waals surface area (Å²) in [5, 5.41) is 0. The normalized spacial score (nSPS) is 22.4. The number of fused-ring (bicyclic) bond motifs is 1. The molecule has 134 valence electrons. The number of hydrogen-bond acceptors (Lipinski definition) is 4. The summed E-state index contributed by atoms with van der Waals surface area (Å²) in [6.45, 7) is 0.647. The summed E-state index contributed by atoms with van der Waals surface area (Å²) in [7, 11) is 0. The van der Waals surface area contributed by atoms with Gasteiger partial charge in [0.1, 0.15) is 6.04 Å². The van der Waals surface area contributed by atoms with Crippen molar-refractivity contribution in [3.05, 3.63) is 53.2 Å². The van der Waals surface area contributed by atoms with Crippen LogP contribution in [-0.2, 0) is 4.79 Å². The molecule has 1 aromatic carbocycles. The Morgan fingerprint density at radius 1 is 1.12 bits per heavy atom.